The molecular weight excluding hydrogens is 253 g/mol. The van der Waals surface area contributed by atoms with Gasteiger partial charge in [-0.3, -0.25) is 0 Å². The van der Waals surface area contributed by atoms with Gasteiger partial charge in [-0.25, -0.2) is 0 Å². The molecule has 1 aromatic carbocycles. The second kappa shape index (κ2) is 4.05. The van der Waals surface area contributed by atoms with E-state index in [0.29, 0.717) is 12.2 Å². The Kier molecular flexibility index (Phi) is 2.69. The fraction of sp³-hybridized carbons (Fsp3) is 0.571. The number of para-hydroxylation sites is 1. The van der Waals surface area contributed by atoms with Gasteiger partial charge in [-0.15, -0.1) is 0 Å². The molecule has 2 nitrogen and oxygen atoms in total. The summed E-state index contributed by atoms with van der Waals surface area (Å²) < 4.78 is 39.2. The third kappa shape index (κ3) is 2.05. The van der Waals surface area contributed by atoms with Gasteiger partial charge in [-0.2, -0.15) is 13.2 Å². The molecule has 1 aromatic rings. The van der Waals surface area contributed by atoms with E-state index in [-0.39, 0.29) is 11.1 Å². The lowest BCUT2D eigenvalue weighted by molar-refractivity contribution is -0.136. The topological polar surface area (TPSA) is 15.3 Å². The van der Waals surface area contributed by atoms with Gasteiger partial charge in [0, 0.05) is 25.6 Å². The molecule has 1 N–H and O–H groups in total. The van der Waals surface area contributed by atoms with Crippen LogP contribution >= 0.6 is 0 Å². The minimum Gasteiger partial charge on any atom is -0.382 e. The highest BCUT2D eigenvalue weighted by Crippen LogP contribution is 2.47. The van der Waals surface area contributed by atoms with Crippen LogP contribution in [0.3, 0.4) is 0 Å². The maximum absolute atomic E-state index is 13.1. The van der Waals surface area contributed by atoms with Crippen molar-refractivity contribution in [1.82, 2.24) is 0 Å². The van der Waals surface area contributed by atoms with E-state index in [9.17, 15) is 13.2 Å². The SMILES string of the molecule is CN1CC2(CCC2)CNc2c1cccc2C(F)(F)F. The van der Waals surface area contributed by atoms with Gasteiger partial charge in [0.1, 0.15) is 0 Å². The molecule has 1 aliphatic heterocycles. The zero-order valence-electron chi connectivity index (χ0n) is 10.8. The first kappa shape index (κ1) is 12.6. The number of hydrogen-bond acceptors (Lipinski definition) is 2. The van der Waals surface area contributed by atoms with Crippen LogP contribution in [0.1, 0.15) is 24.8 Å². The summed E-state index contributed by atoms with van der Waals surface area (Å²) in [5, 5.41) is 3.06. The van der Waals surface area contributed by atoms with Gasteiger partial charge in [-0.05, 0) is 25.0 Å². The lowest BCUT2D eigenvalue weighted by Gasteiger charge is -2.43. The van der Waals surface area contributed by atoms with Gasteiger partial charge in [0.15, 0.2) is 0 Å². The summed E-state index contributed by atoms with van der Waals surface area (Å²) in [5.41, 5.74) is 0.476. The van der Waals surface area contributed by atoms with Crippen LogP contribution < -0.4 is 10.2 Å². The summed E-state index contributed by atoms with van der Waals surface area (Å²) >= 11 is 0. The van der Waals surface area contributed by atoms with E-state index < -0.39 is 11.7 Å². The van der Waals surface area contributed by atoms with Gasteiger partial charge in [0.05, 0.1) is 16.9 Å². The van der Waals surface area contributed by atoms with E-state index >= 15 is 0 Å². The lowest BCUT2D eigenvalue weighted by atomic mass is 9.68. The Labute approximate surface area is 110 Å². The summed E-state index contributed by atoms with van der Waals surface area (Å²) in [6, 6.07) is 4.40. The maximum Gasteiger partial charge on any atom is 0.418 e. The summed E-state index contributed by atoms with van der Waals surface area (Å²) in [6.07, 6.45) is -0.937. The second-order valence-corrected chi connectivity index (χ2v) is 5.76. The second-order valence-electron chi connectivity index (χ2n) is 5.76. The van der Waals surface area contributed by atoms with Crippen LogP contribution in [-0.2, 0) is 6.18 Å². The largest absolute Gasteiger partial charge is 0.418 e. The third-order valence-electron chi connectivity index (χ3n) is 4.39. The van der Waals surface area contributed by atoms with E-state index in [4.69, 9.17) is 0 Å². The van der Waals surface area contributed by atoms with Crippen LogP contribution in [-0.4, -0.2) is 20.1 Å². The van der Waals surface area contributed by atoms with Crippen molar-refractivity contribution in [3.8, 4) is 0 Å². The molecule has 0 amide bonds. The van der Waals surface area contributed by atoms with E-state index in [1.807, 2.05) is 11.9 Å². The molecule has 3 rings (SSSR count). The van der Waals surface area contributed by atoms with Crippen LogP contribution in [0.25, 0.3) is 0 Å². The maximum atomic E-state index is 13.1. The minimum atomic E-state index is -4.31. The number of benzene rings is 1. The Bertz CT molecular complexity index is 492. The predicted molar refractivity (Wildman–Crippen MR) is 69.5 cm³/mol. The molecule has 0 aromatic heterocycles. The zero-order valence-corrected chi connectivity index (χ0v) is 10.8. The standard InChI is InChI=1S/C14H17F3N2/c1-19-9-13(6-3-7-13)8-18-12-10(14(15,16)17)4-2-5-11(12)19/h2,4-5,18H,3,6-9H2,1H3. The molecule has 5 heteroatoms. The molecule has 0 unspecified atom stereocenters. The highest BCUT2D eigenvalue weighted by Gasteiger charge is 2.42. The minimum absolute atomic E-state index is 0.149. The first-order valence-corrected chi connectivity index (χ1v) is 6.57. The molecule has 0 atom stereocenters. The summed E-state index contributed by atoms with van der Waals surface area (Å²) in [7, 11) is 1.88. The Morgan fingerprint density at radius 3 is 2.58 bits per heavy atom. The van der Waals surface area contributed by atoms with E-state index in [1.54, 1.807) is 6.07 Å². The van der Waals surface area contributed by atoms with Crippen molar-refractivity contribution in [2.45, 2.75) is 25.4 Å². The molecule has 104 valence electrons. The average molecular weight is 270 g/mol. The van der Waals surface area contributed by atoms with Gasteiger partial charge < -0.3 is 10.2 Å². The molecule has 0 radical (unpaired) electrons. The Balaban J connectivity index is 2.03. The summed E-state index contributed by atoms with van der Waals surface area (Å²) in [5.74, 6) is 0. The molecule has 0 saturated heterocycles. The smallest absolute Gasteiger partial charge is 0.382 e. The number of nitrogens with zero attached hydrogens (tertiary/aromatic N) is 1. The number of rotatable bonds is 0. The molecular formula is C14H17F3N2. The van der Waals surface area contributed by atoms with Crippen molar-refractivity contribution in [2.24, 2.45) is 5.41 Å². The third-order valence-corrected chi connectivity index (χ3v) is 4.39. The van der Waals surface area contributed by atoms with Crippen molar-refractivity contribution in [1.29, 1.82) is 0 Å². The van der Waals surface area contributed by atoms with Crippen molar-refractivity contribution < 1.29 is 13.2 Å². The van der Waals surface area contributed by atoms with Gasteiger partial charge in [0.2, 0.25) is 0 Å². The molecule has 1 fully saturated rings. The van der Waals surface area contributed by atoms with Gasteiger partial charge >= 0.3 is 6.18 Å². The average Bonchev–Trinajstić information content (AvgIpc) is 2.45. The Hall–Kier alpha value is -1.39. The van der Waals surface area contributed by atoms with Gasteiger partial charge in [-0.1, -0.05) is 12.5 Å². The summed E-state index contributed by atoms with van der Waals surface area (Å²) in [4.78, 5) is 1.96. The molecule has 0 bridgehead atoms. The van der Waals surface area contributed by atoms with Crippen molar-refractivity contribution in [3.63, 3.8) is 0 Å². The molecule has 1 heterocycles. The first-order chi connectivity index (χ1) is 8.91. The van der Waals surface area contributed by atoms with Crippen molar-refractivity contribution >= 4 is 11.4 Å². The Morgan fingerprint density at radius 2 is 2.00 bits per heavy atom. The molecule has 2 aliphatic rings. The lowest BCUT2D eigenvalue weighted by Crippen LogP contribution is -2.43. The monoisotopic (exact) mass is 270 g/mol. The van der Waals surface area contributed by atoms with Crippen molar-refractivity contribution in [2.75, 3.05) is 30.4 Å². The van der Waals surface area contributed by atoms with Gasteiger partial charge in [0.25, 0.3) is 0 Å². The van der Waals surface area contributed by atoms with Crippen molar-refractivity contribution in [3.05, 3.63) is 23.8 Å². The fourth-order valence-electron chi connectivity index (χ4n) is 3.21. The zero-order chi connectivity index (χ0) is 13.7. The van der Waals surface area contributed by atoms with E-state index in [1.165, 1.54) is 12.5 Å². The van der Waals surface area contributed by atoms with Crippen LogP contribution in [0.4, 0.5) is 24.5 Å². The predicted octanol–water partition coefficient (Wildman–Crippen LogP) is 3.74. The number of fused-ring (bicyclic) bond motifs is 1. The number of alkyl halides is 3. The van der Waals surface area contributed by atoms with E-state index in [0.717, 1.165) is 25.5 Å². The molecule has 19 heavy (non-hydrogen) atoms. The number of anilines is 2. The fourth-order valence-corrected chi connectivity index (χ4v) is 3.21. The Morgan fingerprint density at radius 1 is 1.26 bits per heavy atom. The number of halogens is 3. The first-order valence-electron chi connectivity index (χ1n) is 6.57. The molecule has 1 saturated carbocycles. The molecule has 1 aliphatic carbocycles. The van der Waals surface area contributed by atoms with Crippen LogP contribution in [0.15, 0.2) is 18.2 Å². The number of hydrogen-bond donors (Lipinski definition) is 1. The van der Waals surface area contributed by atoms with Crippen LogP contribution in [0.2, 0.25) is 0 Å². The normalized spacial score (nSPS) is 21.4. The van der Waals surface area contributed by atoms with Crippen LogP contribution in [0.5, 0.6) is 0 Å². The quantitative estimate of drug-likeness (QED) is 0.772. The number of nitrogens with one attached hydrogen (secondary N) is 1. The highest BCUT2D eigenvalue weighted by molar-refractivity contribution is 5.75. The highest BCUT2D eigenvalue weighted by atomic mass is 19.4. The van der Waals surface area contributed by atoms with Crippen LogP contribution in [0, 0.1) is 5.41 Å². The molecule has 1 spiro atoms. The van der Waals surface area contributed by atoms with E-state index in [2.05, 4.69) is 5.32 Å². The summed E-state index contributed by atoms with van der Waals surface area (Å²) in [6.45, 7) is 1.46.